The second kappa shape index (κ2) is 10.1. The second-order valence-electron chi connectivity index (χ2n) is 7.94. The number of sulfonamides is 1. The monoisotopic (exact) mass is 472 g/mol. The molecule has 0 bridgehead atoms. The number of nitrogens with one attached hydrogen (secondary N) is 2. The van der Waals surface area contributed by atoms with Gasteiger partial charge in [-0.05, 0) is 67.7 Å². The highest BCUT2D eigenvalue weighted by molar-refractivity contribution is 7.98. The third-order valence-corrected chi connectivity index (χ3v) is 8.28. The molecule has 2 heterocycles. The minimum atomic E-state index is -3.51. The first-order valence-electron chi connectivity index (χ1n) is 10.8. The summed E-state index contributed by atoms with van der Waals surface area (Å²) in [6, 6.07) is 13.7. The summed E-state index contributed by atoms with van der Waals surface area (Å²) in [6.07, 6.45) is 5.60. The molecule has 1 amide bonds. The number of benzene rings is 2. The van der Waals surface area contributed by atoms with Crippen molar-refractivity contribution in [3.8, 4) is 0 Å². The summed E-state index contributed by atoms with van der Waals surface area (Å²) in [7, 11) is -3.51. The number of nitrogens with zero attached hydrogens (tertiary/aromatic N) is 2. The summed E-state index contributed by atoms with van der Waals surface area (Å²) in [5.74, 6) is 1.34. The number of para-hydroxylation sites is 2. The third-order valence-electron chi connectivity index (χ3n) is 5.72. The van der Waals surface area contributed by atoms with Gasteiger partial charge in [0.05, 0.1) is 22.0 Å². The second-order valence-corrected chi connectivity index (χ2v) is 10.9. The normalized spacial score (nSPS) is 16.2. The quantitative estimate of drug-likeness (QED) is 0.517. The summed E-state index contributed by atoms with van der Waals surface area (Å²) in [5.41, 5.74) is 2.21. The van der Waals surface area contributed by atoms with Crippen LogP contribution in [0.1, 0.15) is 47.9 Å². The molecule has 1 fully saturated rings. The van der Waals surface area contributed by atoms with Gasteiger partial charge in [-0.3, -0.25) is 4.79 Å². The minimum absolute atomic E-state index is 0.229. The zero-order valence-electron chi connectivity index (χ0n) is 18.1. The number of fused-ring (bicyclic) bond motifs is 1. The molecule has 1 aromatic heterocycles. The average molecular weight is 473 g/mol. The first kappa shape index (κ1) is 22.8. The Morgan fingerprint density at radius 1 is 1.12 bits per heavy atom. The molecule has 0 saturated carbocycles. The molecule has 170 valence electrons. The highest BCUT2D eigenvalue weighted by Crippen LogP contribution is 2.23. The maximum Gasteiger partial charge on any atom is 0.251 e. The first-order valence-corrected chi connectivity index (χ1v) is 13.7. The zero-order valence-corrected chi connectivity index (χ0v) is 19.7. The Morgan fingerprint density at radius 2 is 1.84 bits per heavy atom. The van der Waals surface area contributed by atoms with Gasteiger partial charge in [-0.15, -0.1) is 0 Å². The van der Waals surface area contributed by atoms with E-state index in [0.717, 1.165) is 48.3 Å². The molecule has 9 heteroatoms. The van der Waals surface area contributed by atoms with E-state index in [1.54, 1.807) is 23.9 Å². The van der Waals surface area contributed by atoms with Crippen LogP contribution in [0.3, 0.4) is 0 Å². The Labute approximate surface area is 193 Å². The number of rotatable bonds is 8. The van der Waals surface area contributed by atoms with E-state index in [-0.39, 0.29) is 16.8 Å². The van der Waals surface area contributed by atoms with Crippen LogP contribution >= 0.6 is 11.8 Å². The fraction of sp³-hybridized carbons (Fsp3) is 0.391. The molecule has 2 aromatic carbocycles. The molecule has 0 spiro atoms. The molecule has 0 radical (unpaired) electrons. The van der Waals surface area contributed by atoms with Crippen molar-refractivity contribution in [3.63, 3.8) is 0 Å². The first-order chi connectivity index (χ1) is 15.5. The molecule has 7 nitrogen and oxygen atoms in total. The molecule has 3 aromatic rings. The van der Waals surface area contributed by atoms with Gasteiger partial charge in [0.2, 0.25) is 10.0 Å². The number of hydrogen-bond acceptors (Lipinski definition) is 5. The lowest BCUT2D eigenvalue weighted by Gasteiger charge is -2.25. The van der Waals surface area contributed by atoms with Gasteiger partial charge in [0.1, 0.15) is 5.82 Å². The summed E-state index contributed by atoms with van der Waals surface area (Å²) in [5, 5.41) is 3.06. The predicted molar refractivity (Wildman–Crippen MR) is 128 cm³/mol. The van der Waals surface area contributed by atoms with E-state index in [0.29, 0.717) is 18.7 Å². The molecule has 32 heavy (non-hydrogen) atoms. The van der Waals surface area contributed by atoms with E-state index in [1.807, 2.05) is 30.5 Å². The van der Waals surface area contributed by atoms with Crippen molar-refractivity contribution in [1.82, 2.24) is 19.6 Å². The molecule has 1 aliphatic rings. The number of amides is 1. The van der Waals surface area contributed by atoms with Gasteiger partial charge < -0.3 is 10.3 Å². The van der Waals surface area contributed by atoms with Crippen molar-refractivity contribution in [2.45, 2.75) is 36.6 Å². The zero-order chi connectivity index (χ0) is 22.6. The van der Waals surface area contributed by atoms with Gasteiger partial charge in [-0.25, -0.2) is 13.4 Å². The van der Waals surface area contributed by atoms with Crippen LogP contribution < -0.4 is 5.32 Å². The number of hydrogen-bond donors (Lipinski definition) is 2. The number of aromatic nitrogens is 2. The molecule has 0 aliphatic carbocycles. The van der Waals surface area contributed by atoms with Crippen LogP contribution in [0.2, 0.25) is 0 Å². The van der Waals surface area contributed by atoms with Gasteiger partial charge in [-0.2, -0.15) is 16.1 Å². The lowest BCUT2D eigenvalue weighted by atomic mass is 10.1. The van der Waals surface area contributed by atoms with Crippen LogP contribution in [0.5, 0.6) is 0 Å². The van der Waals surface area contributed by atoms with Crippen molar-refractivity contribution in [3.05, 3.63) is 59.9 Å². The Morgan fingerprint density at radius 3 is 2.53 bits per heavy atom. The van der Waals surface area contributed by atoms with Gasteiger partial charge in [0.25, 0.3) is 5.91 Å². The lowest BCUT2D eigenvalue weighted by Crippen LogP contribution is -2.35. The van der Waals surface area contributed by atoms with E-state index >= 15 is 0 Å². The van der Waals surface area contributed by atoms with E-state index in [4.69, 9.17) is 0 Å². The summed E-state index contributed by atoms with van der Waals surface area (Å²) < 4.78 is 27.2. The molecule has 1 saturated heterocycles. The number of H-pyrrole nitrogens is 1. The Balaban J connectivity index is 1.50. The van der Waals surface area contributed by atoms with E-state index in [9.17, 15) is 13.2 Å². The number of imidazole rings is 1. The van der Waals surface area contributed by atoms with Crippen molar-refractivity contribution < 1.29 is 13.2 Å². The van der Waals surface area contributed by atoms with Gasteiger partial charge >= 0.3 is 0 Å². The maximum atomic E-state index is 12.9. The van der Waals surface area contributed by atoms with Crippen molar-refractivity contribution in [1.29, 1.82) is 0 Å². The van der Waals surface area contributed by atoms with Gasteiger partial charge in [-0.1, -0.05) is 18.6 Å². The standard InChI is InChI=1S/C23H28N4O3S2/c1-31-16-13-21(22-24-19-7-3-4-8-20(19)25-22)26-23(28)17-9-11-18(12-10-17)32(29,30)27-14-5-2-6-15-27/h3-4,7-12,21H,2,5-6,13-16H2,1H3,(H,24,25)(H,26,28). The van der Waals surface area contributed by atoms with Gasteiger partial charge in [0, 0.05) is 18.7 Å². The predicted octanol–water partition coefficient (Wildman–Crippen LogP) is 3.96. The number of carbonyl (C=O) groups is 1. The topological polar surface area (TPSA) is 95.2 Å². The fourth-order valence-corrected chi connectivity index (χ4v) is 5.91. The molecular formula is C23H28N4O3S2. The van der Waals surface area contributed by atoms with Crippen LogP contribution in [0.25, 0.3) is 11.0 Å². The minimum Gasteiger partial charge on any atom is -0.342 e. The number of thioether (sulfide) groups is 1. The van der Waals surface area contributed by atoms with E-state index < -0.39 is 10.0 Å². The SMILES string of the molecule is CSCCC(NC(=O)c1ccc(S(=O)(=O)N2CCCCC2)cc1)c1nc2ccccc2[nH]1. The molecular weight excluding hydrogens is 444 g/mol. The third kappa shape index (κ3) is 5.00. The average Bonchev–Trinajstić information content (AvgIpc) is 3.26. The molecule has 1 atom stereocenters. The molecule has 1 aliphatic heterocycles. The van der Waals surface area contributed by atoms with Crippen LogP contribution in [-0.2, 0) is 10.0 Å². The lowest BCUT2D eigenvalue weighted by molar-refractivity contribution is 0.0934. The summed E-state index contributed by atoms with van der Waals surface area (Å²) >= 11 is 1.71. The smallest absolute Gasteiger partial charge is 0.251 e. The van der Waals surface area contributed by atoms with Crippen molar-refractivity contribution in [2.24, 2.45) is 0 Å². The Kier molecular flexibility index (Phi) is 7.17. The van der Waals surface area contributed by atoms with Crippen LogP contribution in [0.4, 0.5) is 0 Å². The van der Waals surface area contributed by atoms with E-state index in [1.165, 1.54) is 16.4 Å². The molecule has 2 N–H and O–H groups in total. The number of carbonyl (C=O) groups excluding carboxylic acids is 1. The fourth-order valence-electron chi connectivity index (χ4n) is 3.92. The summed E-state index contributed by atoms with van der Waals surface area (Å²) in [6.45, 7) is 1.11. The largest absolute Gasteiger partial charge is 0.342 e. The van der Waals surface area contributed by atoms with Crippen LogP contribution in [-0.4, -0.2) is 53.7 Å². The number of piperidine rings is 1. The molecule has 1 unspecified atom stereocenters. The van der Waals surface area contributed by atoms with Crippen LogP contribution in [0.15, 0.2) is 53.4 Å². The maximum absolute atomic E-state index is 12.9. The highest BCUT2D eigenvalue weighted by atomic mass is 32.2. The van der Waals surface area contributed by atoms with Gasteiger partial charge in [0.15, 0.2) is 0 Å². The summed E-state index contributed by atoms with van der Waals surface area (Å²) in [4.78, 5) is 21.1. The van der Waals surface area contributed by atoms with E-state index in [2.05, 4.69) is 15.3 Å². The highest BCUT2D eigenvalue weighted by Gasteiger charge is 2.26. The number of aromatic amines is 1. The Hall–Kier alpha value is -2.36. The van der Waals surface area contributed by atoms with Crippen LogP contribution in [0, 0.1) is 0 Å². The Bertz CT molecular complexity index is 1140. The van der Waals surface area contributed by atoms with Crippen molar-refractivity contribution >= 4 is 38.7 Å². The molecule has 4 rings (SSSR count). The van der Waals surface area contributed by atoms with Crippen molar-refractivity contribution in [2.75, 3.05) is 25.1 Å².